The lowest BCUT2D eigenvalue weighted by Gasteiger charge is -2.25. The van der Waals surface area contributed by atoms with E-state index in [1.54, 1.807) is 10.6 Å². The molecule has 0 atom stereocenters. The van der Waals surface area contributed by atoms with E-state index in [1.165, 1.54) is 19.1 Å². The van der Waals surface area contributed by atoms with E-state index in [0.717, 1.165) is 6.07 Å². The van der Waals surface area contributed by atoms with Crippen molar-refractivity contribution in [3.8, 4) is 0 Å². The third-order valence-corrected chi connectivity index (χ3v) is 6.89. The van der Waals surface area contributed by atoms with Crippen LogP contribution in [0.15, 0.2) is 18.2 Å². The summed E-state index contributed by atoms with van der Waals surface area (Å²) in [6.07, 6.45) is -13.3. The normalized spacial score (nSPS) is 13.4. The van der Waals surface area contributed by atoms with Crippen LogP contribution in [-0.2, 0) is 11.8 Å². The summed E-state index contributed by atoms with van der Waals surface area (Å²) in [5.41, 5.74) is -0.109. The molecule has 10 nitrogen and oxygen atoms in total. The van der Waals surface area contributed by atoms with Gasteiger partial charge in [-0.3, -0.25) is 10.6 Å². The zero-order chi connectivity index (χ0) is 34.4. The minimum atomic E-state index is -6.65. The van der Waals surface area contributed by atoms with Crippen molar-refractivity contribution in [2.24, 2.45) is 0 Å². The van der Waals surface area contributed by atoms with Gasteiger partial charge in [-0.25, -0.2) is 9.59 Å². The van der Waals surface area contributed by atoms with Crippen molar-refractivity contribution in [2.45, 2.75) is 43.0 Å². The molecule has 1 aromatic carbocycles. The van der Waals surface area contributed by atoms with Gasteiger partial charge < -0.3 is 10.6 Å². The van der Waals surface area contributed by atoms with Gasteiger partial charge in [-0.05, 0) is 24.6 Å². The topological polar surface area (TPSA) is 134 Å². The van der Waals surface area contributed by atoms with E-state index in [1.807, 2.05) is 0 Å². The van der Waals surface area contributed by atoms with Crippen LogP contribution in [0.3, 0.4) is 0 Å². The Morgan fingerprint density at radius 1 is 0.600 bits per heavy atom. The summed E-state index contributed by atoms with van der Waals surface area (Å²) < 4.78 is 182. The Morgan fingerprint density at radius 3 is 1.40 bits per heavy atom. The SMILES string of the molecule is Cc1ccc(NC(=O)Nc2nnc(C(F)(F)C(F)(F)C(F)(F)F)s2)cc1NC(=O)Nc1nnc(C(F)(F)C(F)(F)C(F)(F)F)s1. The van der Waals surface area contributed by atoms with Crippen LogP contribution in [0.5, 0.6) is 0 Å². The number of hydrogen-bond acceptors (Lipinski definition) is 8. The summed E-state index contributed by atoms with van der Waals surface area (Å²) in [6, 6.07) is 0.812. The molecule has 0 aliphatic rings. The summed E-state index contributed by atoms with van der Waals surface area (Å²) in [5.74, 6) is -24.7. The van der Waals surface area contributed by atoms with Gasteiger partial charge in [-0.1, -0.05) is 28.7 Å². The highest BCUT2D eigenvalue weighted by atomic mass is 32.1. The monoisotopic (exact) mass is 712 g/mol. The standard InChI is InChI=1S/C19H10F14N8O2S2/c1-5-2-3-6(34-10(42)36-12-40-38-8(44-12)14(20,21)16(24,25)18(28,29)30)4-7(5)35-11(43)37-13-41-39-9(45-13)15(22,23)17(26,27)19(31,32)33/h2-4H,1H3,(H2,34,36,40,42)(H2,35,37,41,43). The molecule has 4 amide bonds. The molecule has 0 radical (unpaired) electrons. The van der Waals surface area contributed by atoms with Gasteiger partial charge in [-0.15, -0.1) is 20.4 Å². The van der Waals surface area contributed by atoms with E-state index < -0.39 is 91.1 Å². The van der Waals surface area contributed by atoms with E-state index in [9.17, 15) is 71.1 Å². The maximum Gasteiger partial charge on any atom is 0.460 e. The average Bonchev–Trinajstić information content (AvgIpc) is 3.55. The highest BCUT2D eigenvalue weighted by molar-refractivity contribution is 7.15. The number of carbonyl (C=O) groups is 2. The number of alkyl halides is 14. The zero-order valence-electron chi connectivity index (χ0n) is 20.9. The maximum atomic E-state index is 13.8. The van der Waals surface area contributed by atoms with Crippen molar-refractivity contribution in [2.75, 3.05) is 21.3 Å². The molecule has 248 valence electrons. The lowest BCUT2D eigenvalue weighted by molar-refractivity contribution is -0.359. The summed E-state index contributed by atoms with van der Waals surface area (Å²) >= 11 is -1.00. The van der Waals surface area contributed by atoms with Crippen LogP contribution in [-0.4, -0.2) is 56.7 Å². The molecule has 0 bridgehead atoms. The number of urea groups is 2. The first-order chi connectivity index (χ1) is 20.3. The molecule has 0 aliphatic heterocycles. The average molecular weight is 712 g/mol. The maximum absolute atomic E-state index is 13.8. The Hall–Kier alpha value is -4.10. The Labute approximate surface area is 246 Å². The molecule has 0 aliphatic carbocycles. The third-order valence-electron chi connectivity index (χ3n) is 5.07. The molecule has 2 aromatic heterocycles. The molecule has 0 saturated carbocycles. The number of halogens is 14. The molecule has 0 unspecified atom stereocenters. The lowest BCUT2D eigenvalue weighted by Crippen LogP contribution is -2.50. The lowest BCUT2D eigenvalue weighted by atomic mass is 10.2. The van der Waals surface area contributed by atoms with Gasteiger partial charge in [0.05, 0.1) is 0 Å². The number of anilines is 4. The number of hydrogen-bond donors (Lipinski definition) is 4. The van der Waals surface area contributed by atoms with Crippen LogP contribution < -0.4 is 21.3 Å². The highest BCUT2D eigenvalue weighted by Gasteiger charge is 2.76. The molecule has 0 fully saturated rings. The predicted molar refractivity (Wildman–Crippen MR) is 126 cm³/mol. The molecule has 26 heteroatoms. The minimum absolute atomic E-state index is 0.156. The molecular weight excluding hydrogens is 702 g/mol. The molecule has 4 N–H and O–H groups in total. The molecule has 0 spiro atoms. The molecule has 3 aromatic rings. The molecule has 0 saturated heterocycles. The first-order valence-electron chi connectivity index (χ1n) is 10.9. The fourth-order valence-corrected chi connectivity index (χ4v) is 4.26. The largest absolute Gasteiger partial charge is 0.460 e. The van der Waals surface area contributed by atoms with Crippen LogP contribution >= 0.6 is 22.7 Å². The number of aromatic nitrogens is 4. The summed E-state index contributed by atoms with van der Waals surface area (Å²) in [5, 5.41) is 12.6. The van der Waals surface area contributed by atoms with Crippen LogP contribution in [0.25, 0.3) is 0 Å². The second-order valence-electron chi connectivity index (χ2n) is 8.31. The van der Waals surface area contributed by atoms with Gasteiger partial charge in [0.1, 0.15) is 0 Å². The predicted octanol–water partition coefficient (Wildman–Crippen LogP) is 7.56. The minimum Gasteiger partial charge on any atom is -0.308 e. The summed E-state index contributed by atoms with van der Waals surface area (Å²) in [4.78, 5) is 24.4. The molecular formula is C19H10F14N8O2S2. The van der Waals surface area contributed by atoms with E-state index in [2.05, 4.69) is 31.0 Å². The van der Waals surface area contributed by atoms with E-state index in [-0.39, 0.29) is 16.9 Å². The van der Waals surface area contributed by atoms with Gasteiger partial charge in [0.2, 0.25) is 10.3 Å². The van der Waals surface area contributed by atoms with Crippen molar-refractivity contribution >= 4 is 56.4 Å². The number of rotatable bonds is 8. The first kappa shape index (κ1) is 35.4. The molecule has 45 heavy (non-hydrogen) atoms. The molecule has 2 heterocycles. The van der Waals surface area contributed by atoms with Gasteiger partial charge >= 0.3 is 48.1 Å². The van der Waals surface area contributed by atoms with Gasteiger partial charge in [0.15, 0.2) is 10.0 Å². The van der Waals surface area contributed by atoms with Crippen LogP contribution in [0.4, 0.5) is 92.7 Å². The fourth-order valence-electron chi connectivity index (χ4n) is 2.77. The Bertz CT molecular complexity index is 1570. The van der Waals surface area contributed by atoms with Crippen molar-refractivity contribution in [1.82, 2.24) is 20.4 Å². The van der Waals surface area contributed by atoms with Gasteiger partial charge in [0.25, 0.3) is 0 Å². The number of nitrogens with one attached hydrogen (secondary N) is 4. The zero-order valence-corrected chi connectivity index (χ0v) is 22.6. The van der Waals surface area contributed by atoms with Gasteiger partial charge in [-0.2, -0.15) is 61.5 Å². The molecule has 3 rings (SSSR count). The van der Waals surface area contributed by atoms with Crippen molar-refractivity contribution in [3.05, 3.63) is 33.8 Å². The number of benzene rings is 1. The Balaban J connectivity index is 1.66. The van der Waals surface area contributed by atoms with Crippen LogP contribution in [0.1, 0.15) is 15.6 Å². The summed E-state index contributed by atoms with van der Waals surface area (Å²) in [6.45, 7) is 1.38. The van der Waals surface area contributed by atoms with E-state index in [0.29, 0.717) is 0 Å². The number of aryl methyl sites for hydroxylation is 1. The number of amides is 4. The van der Waals surface area contributed by atoms with Crippen LogP contribution in [0, 0.1) is 6.92 Å². The van der Waals surface area contributed by atoms with Crippen molar-refractivity contribution in [3.63, 3.8) is 0 Å². The van der Waals surface area contributed by atoms with E-state index >= 15 is 0 Å². The quantitative estimate of drug-likeness (QED) is 0.178. The first-order valence-corrected chi connectivity index (χ1v) is 12.5. The fraction of sp³-hybridized carbons (Fsp3) is 0.368. The smallest absolute Gasteiger partial charge is 0.308 e. The number of nitrogens with zero attached hydrogens (tertiary/aromatic N) is 4. The third kappa shape index (κ3) is 6.94. The van der Waals surface area contributed by atoms with Crippen molar-refractivity contribution < 1.29 is 71.1 Å². The van der Waals surface area contributed by atoms with E-state index in [4.69, 9.17) is 0 Å². The van der Waals surface area contributed by atoms with Gasteiger partial charge in [0, 0.05) is 11.4 Å². The van der Waals surface area contributed by atoms with Crippen molar-refractivity contribution in [1.29, 1.82) is 0 Å². The second-order valence-corrected chi connectivity index (χ2v) is 10.3. The van der Waals surface area contributed by atoms with Crippen LogP contribution in [0.2, 0.25) is 0 Å². The highest BCUT2D eigenvalue weighted by Crippen LogP contribution is 2.53. The summed E-state index contributed by atoms with van der Waals surface area (Å²) in [7, 11) is 0. The number of carbonyl (C=O) groups excluding carboxylic acids is 2. The Kier molecular flexibility index (Phi) is 9.18. The Morgan fingerprint density at radius 2 is 1.00 bits per heavy atom. The second kappa shape index (κ2) is 11.7.